The molecule has 2 aliphatic heterocycles. The third kappa shape index (κ3) is 6.78. The van der Waals surface area contributed by atoms with Gasteiger partial charge < -0.3 is 14.9 Å². The van der Waals surface area contributed by atoms with E-state index in [-0.39, 0.29) is 37.5 Å². The number of hydrogen-bond acceptors (Lipinski definition) is 5. The summed E-state index contributed by atoms with van der Waals surface area (Å²) in [4.78, 5) is 20.7. The molecule has 207 valence electrons. The minimum Gasteiger partial charge on any atom is -0.512 e. The number of ketones is 1. The first kappa shape index (κ1) is 16.7. The Morgan fingerprint density at radius 3 is 2.27 bits per heavy atom. The van der Waals surface area contributed by atoms with E-state index < -0.39 is 62.6 Å². The van der Waals surface area contributed by atoms with Crippen LogP contribution < -0.4 is 10.9 Å². The molecule has 0 saturated carbocycles. The van der Waals surface area contributed by atoms with Gasteiger partial charge in [0.15, 0.2) is 5.78 Å². The van der Waals surface area contributed by atoms with Crippen molar-refractivity contribution >= 4 is 40.7 Å². The number of carbonyl (C=O) groups is 1. The Hall–Kier alpha value is -3.54. The molecule has 0 spiro atoms. The fourth-order valence-corrected chi connectivity index (χ4v) is 4.46. The topological polar surface area (TPSA) is 65.8 Å². The molecular weight excluding hydrogens is 673 g/mol. The number of aliphatic imine (C=N–C) groups is 1. The van der Waals surface area contributed by atoms with E-state index in [1.54, 1.807) is 48.7 Å². The van der Waals surface area contributed by atoms with Crippen LogP contribution in [0.5, 0.6) is 0 Å². The van der Waals surface area contributed by atoms with Crippen molar-refractivity contribution in [3.05, 3.63) is 114 Å². The van der Waals surface area contributed by atoms with Crippen LogP contribution in [0.15, 0.2) is 96.0 Å². The Bertz CT molecular complexity index is 1900. The number of aliphatic hydroxyl groups is 1. The third-order valence-corrected chi connectivity index (χ3v) is 5.92. The van der Waals surface area contributed by atoms with Crippen molar-refractivity contribution in [2.75, 3.05) is 0 Å². The van der Waals surface area contributed by atoms with Crippen molar-refractivity contribution < 1.29 is 49.2 Å². The third-order valence-electron chi connectivity index (χ3n) is 5.92. The number of carbonyl (C=O) groups excluding carboxylic acids is 1. The molecule has 1 N–H and O–H groups in total. The second-order valence-electron chi connectivity index (χ2n) is 8.77. The Labute approximate surface area is 271 Å². The maximum absolute atomic E-state index is 10.0. The van der Waals surface area contributed by atoms with E-state index in [2.05, 4.69) is 11.1 Å². The average Bonchev–Trinajstić information content (AvgIpc) is 3.04. The summed E-state index contributed by atoms with van der Waals surface area (Å²) in [6.07, 6.45) is 8.82. The Balaban J connectivity index is 0.000000893. The smallest absolute Gasteiger partial charge is 0.314 e. The predicted octanol–water partition coefficient (Wildman–Crippen LogP) is 6.23. The zero-order valence-corrected chi connectivity index (χ0v) is 24.1. The molecule has 3 heterocycles. The fraction of sp³-hybridized carbons (Fsp3) is 0.242. The van der Waals surface area contributed by atoms with E-state index in [0.717, 1.165) is 18.2 Å². The van der Waals surface area contributed by atoms with Gasteiger partial charge in [0.25, 0.3) is 0 Å². The van der Waals surface area contributed by atoms with Gasteiger partial charge in [-0.1, -0.05) is 87.7 Å². The van der Waals surface area contributed by atoms with Crippen LogP contribution in [0.25, 0.3) is 5.57 Å². The Morgan fingerprint density at radius 1 is 1.02 bits per heavy atom. The summed E-state index contributed by atoms with van der Waals surface area (Å²) in [6.45, 7) is -12.6. The van der Waals surface area contributed by atoms with Crippen LogP contribution in [-0.2, 0) is 24.9 Å². The molecule has 0 fully saturated rings. The summed E-state index contributed by atoms with van der Waals surface area (Å²) in [5.74, 6) is -6.62. The summed E-state index contributed by atoms with van der Waals surface area (Å²) in [5, 5.41) is 8.36. The van der Waals surface area contributed by atoms with E-state index >= 15 is 0 Å². The number of aliphatic hydroxyl groups excluding tert-OH is 1. The van der Waals surface area contributed by atoms with Crippen molar-refractivity contribution in [2.24, 2.45) is 4.99 Å². The van der Waals surface area contributed by atoms with Crippen LogP contribution in [0, 0.1) is 6.08 Å². The van der Waals surface area contributed by atoms with Crippen LogP contribution in [0.1, 0.15) is 89.1 Å². The van der Waals surface area contributed by atoms with Gasteiger partial charge in [-0.2, -0.15) is 0 Å². The zero-order valence-electron chi connectivity index (χ0n) is 35.7. The molecular formula is C33H35BIrN3O2-. The monoisotopic (exact) mass is 723 g/mol. The van der Waals surface area contributed by atoms with Crippen LogP contribution >= 0.6 is 0 Å². The van der Waals surface area contributed by atoms with E-state index in [4.69, 9.17) is 29.3 Å². The molecule has 0 bridgehead atoms. The first-order valence-corrected chi connectivity index (χ1v) is 12.0. The molecule has 1 aromatic heterocycles. The second-order valence-corrected chi connectivity index (χ2v) is 8.77. The van der Waals surface area contributed by atoms with E-state index in [1.165, 1.54) is 37.0 Å². The first-order chi connectivity index (χ1) is 24.3. The summed E-state index contributed by atoms with van der Waals surface area (Å²) < 4.78 is 118. The number of pyridine rings is 1. The molecule has 0 saturated heterocycles. The molecule has 2 aliphatic rings. The summed E-state index contributed by atoms with van der Waals surface area (Å²) in [7, 11) is 0. The normalized spacial score (nSPS) is 20.9. The fourth-order valence-electron chi connectivity index (χ4n) is 4.46. The van der Waals surface area contributed by atoms with Gasteiger partial charge in [-0.3, -0.25) is 9.79 Å². The first-order valence-electron chi connectivity index (χ1n) is 19.0. The molecule has 0 atom stereocenters. The number of allylic oxidation sites excluding steroid dienone is 4. The van der Waals surface area contributed by atoms with Crippen molar-refractivity contribution in [1.29, 1.82) is 0 Å². The molecule has 1 radical (unpaired) electrons. The molecule has 3 aromatic rings. The number of rotatable bonds is 5. The van der Waals surface area contributed by atoms with Gasteiger partial charge in [-0.05, 0) is 65.5 Å². The van der Waals surface area contributed by atoms with Crippen molar-refractivity contribution in [3.63, 3.8) is 0 Å². The molecule has 5 rings (SSSR count). The summed E-state index contributed by atoms with van der Waals surface area (Å²) in [6, 6.07) is 14.9. The maximum atomic E-state index is 10.0. The maximum Gasteiger partial charge on any atom is 0.314 e. The minimum atomic E-state index is -3.52. The number of amidine groups is 1. The molecule has 0 amide bonds. The number of benzene rings is 2. The standard InChI is InChI=1S/C28H27BN3.C5H8O2.Ir/c1-19(2)21-11-9-12-22(20(3)4)27(21)29-24-14-5-6-16-26(24)31-28-23(13-10-18-32(28)29)25-15-7-8-17-30-25;1-4(6)3-5(2)7;/h5-12,14-20H,1-4H3;3,6H,1-2H3;/q-1;;/b;4-3-;/i1D3,2D3,3D3,4D3,19D,20D;;. The van der Waals surface area contributed by atoms with E-state index in [1.807, 2.05) is 0 Å². The van der Waals surface area contributed by atoms with Gasteiger partial charge in [-0.15, -0.1) is 12.2 Å². The quantitative estimate of drug-likeness (QED) is 0.147. The van der Waals surface area contributed by atoms with Crippen LogP contribution in [0.4, 0.5) is 5.69 Å². The summed E-state index contributed by atoms with van der Waals surface area (Å²) >= 11 is 0. The zero-order chi connectivity index (χ0) is 39.9. The summed E-state index contributed by atoms with van der Waals surface area (Å²) in [5.41, 5.74) is -0.273. The average molecular weight is 723 g/mol. The SMILES string of the molecule is CC(=O)/C=C(/C)O.[2H]C([2H])([2H])C([2H])(c1cccc(C([2H])(C([2H])([2H])[2H])C([2H])([2H])[2H])c1B1c2ccccc2N=C2C(c3ccccn3)=[C-]C=CN12)C([2H])([2H])[2H].[Ir]. The molecule has 0 unspecified atom stereocenters. The number of fused-ring (bicyclic) bond motifs is 2. The van der Waals surface area contributed by atoms with Crippen LogP contribution in [0.2, 0.25) is 0 Å². The van der Waals surface area contributed by atoms with Gasteiger partial charge >= 0.3 is 6.85 Å². The predicted molar refractivity (Wildman–Crippen MR) is 162 cm³/mol. The molecule has 0 aliphatic carbocycles. The number of hydrogen-bond donors (Lipinski definition) is 1. The van der Waals surface area contributed by atoms with E-state index in [0.29, 0.717) is 22.4 Å². The van der Waals surface area contributed by atoms with Gasteiger partial charge in [0.05, 0.1) is 11.4 Å². The van der Waals surface area contributed by atoms with Crippen LogP contribution in [0.3, 0.4) is 0 Å². The molecule has 2 aromatic carbocycles. The van der Waals surface area contributed by atoms with Gasteiger partial charge in [0, 0.05) is 57.4 Å². The van der Waals surface area contributed by atoms with Crippen molar-refractivity contribution in [3.8, 4) is 0 Å². The molecule has 7 heteroatoms. The molecule has 5 nitrogen and oxygen atoms in total. The second kappa shape index (κ2) is 13.7. The number of nitrogens with zero attached hydrogens (tertiary/aromatic N) is 3. The van der Waals surface area contributed by atoms with Crippen molar-refractivity contribution in [2.45, 2.75) is 53.0 Å². The number of aromatic nitrogens is 1. The minimum absolute atomic E-state index is 0. The van der Waals surface area contributed by atoms with Gasteiger partial charge in [0.1, 0.15) is 0 Å². The van der Waals surface area contributed by atoms with Crippen LogP contribution in [-0.4, -0.2) is 33.4 Å². The largest absolute Gasteiger partial charge is 0.512 e. The Morgan fingerprint density at radius 2 is 1.70 bits per heavy atom. The van der Waals surface area contributed by atoms with Gasteiger partial charge in [-0.25, -0.2) is 0 Å². The van der Waals surface area contributed by atoms with Gasteiger partial charge in [0.2, 0.25) is 0 Å². The van der Waals surface area contributed by atoms with E-state index in [9.17, 15) is 4.79 Å². The number of para-hydroxylation sites is 1. The molecule has 40 heavy (non-hydrogen) atoms. The Kier molecular flexibility index (Phi) is 5.70. The van der Waals surface area contributed by atoms with Crippen molar-refractivity contribution in [1.82, 2.24) is 9.79 Å².